The lowest BCUT2D eigenvalue weighted by Crippen LogP contribution is -2.03. The zero-order valence-electron chi connectivity index (χ0n) is 13.9. The summed E-state index contributed by atoms with van der Waals surface area (Å²) in [5, 5.41) is 0.145. The molecule has 25 heavy (non-hydrogen) atoms. The Morgan fingerprint density at radius 2 is 1.72 bits per heavy atom. The number of ether oxygens (including phenoxy) is 3. The Bertz CT molecular complexity index is 892. The molecule has 8 heteroatoms. The Hall–Kier alpha value is -2.25. The van der Waals surface area contributed by atoms with Crippen LogP contribution in [0.5, 0.6) is 23.0 Å². The van der Waals surface area contributed by atoms with Crippen LogP contribution < -0.4 is 14.2 Å². The largest absolute Gasteiger partial charge is 0.496 e. The Morgan fingerprint density at radius 1 is 1.08 bits per heavy atom. The van der Waals surface area contributed by atoms with Gasteiger partial charge in [0.2, 0.25) is 0 Å². The summed E-state index contributed by atoms with van der Waals surface area (Å²) in [6.45, 7) is 2.84. The van der Waals surface area contributed by atoms with Crippen molar-refractivity contribution in [3.8, 4) is 23.0 Å². The van der Waals surface area contributed by atoms with Gasteiger partial charge in [0.1, 0.15) is 23.0 Å². The van der Waals surface area contributed by atoms with Gasteiger partial charge in [0.05, 0.1) is 22.8 Å². The maximum atomic E-state index is 11.9. The van der Waals surface area contributed by atoms with Gasteiger partial charge in [-0.25, -0.2) is 8.42 Å². The molecule has 0 heterocycles. The van der Waals surface area contributed by atoms with Crippen molar-refractivity contribution in [2.45, 2.75) is 18.7 Å². The summed E-state index contributed by atoms with van der Waals surface area (Å²) < 4.78 is 39.6. The Labute approximate surface area is 151 Å². The molecule has 0 N–H and O–H groups in total. The number of carbonyl (C=O) groups excluding carboxylic acids is 1. The number of methoxy groups -OCH3 is 1. The Kier molecular flexibility index (Phi) is 5.92. The highest BCUT2D eigenvalue weighted by atomic mass is 35.5. The zero-order chi connectivity index (χ0) is 18.6. The standard InChI is InChI=1S/C17H17ClO6S/c1-4-25(20,21)15-5-6-17(16(18)10-15)24-14-8-12(22-3)7-13(9-14)23-11(2)19/h5-10H,4H2,1-3H3. The summed E-state index contributed by atoms with van der Waals surface area (Å²) in [7, 11) is -1.89. The van der Waals surface area contributed by atoms with Crippen molar-refractivity contribution in [2.24, 2.45) is 0 Å². The van der Waals surface area contributed by atoms with Gasteiger partial charge in [0.15, 0.2) is 9.84 Å². The van der Waals surface area contributed by atoms with Gasteiger partial charge < -0.3 is 14.2 Å². The van der Waals surface area contributed by atoms with Gasteiger partial charge in [-0.05, 0) is 18.2 Å². The van der Waals surface area contributed by atoms with E-state index in [1.165, 1.54) is 44.4 Å². The molecule has 0 aliphatic heterocycles. The van der Waals surface area contributed by atoms with Crippen molar-refractivity contribution < 1.29 is 27.4 Å². The fraction of sp³-hybridized carbons (Fsp3) is 0.235. The normalized spacial score (nSPS) is 11.0. The van der Waals surface area contributed by atoms with E-state index in [-0.39, 0.29) is 27.2 Å². The second-order valence-electron chi connectivity index (χ2n) is 5.04. The fourth-order valence-electron chi connectivity index (χ4n) is 2.00. The van der Waals surface area contributed by atoms with Gasteiger partial charge in [0.25, 0.3) is 0 Å². The van der Waals surface area contributed by atoms with Crippen molar-refractivity contribution in [1.82, 2.24) is 0 Å². The molecule has 2 rings (SSSR count). The molecule has 0 bridgehead atoms. The number of rotatable bonds is 6. The molecular formula is C17H17ClO6S. The summed E-state index contributed by atoms with van der Waals surface area (Å²) in [6, 6.07) is 8.84. The van der Waals surface area contributed by atoms with E-state index in [1.807, 2.05) is 0 Å². The van der Waals surface area contributed by atoms with Gasteiger partial charge >= 0.3 is 5.97 Å². The SMILES string of the molecule is CCS(=O)(=O)c1ccc(Oc2cc(OC)cc(OC(C)=O)c2)c(Cl)c1. The van der Waals surface area contributed by atoms with E-state index in [0.29, 0.717) is 11.5 Å². The van der Waals surface area contributed by atoms with Crippen LogP contribution in [0.3, 0.4) is 0 Å². The molecule has 2 aromatic rings. The smallest absolute Gasteiger partial charge is 0.308 e. The first-order valence-electron chi connectivity index (χ1n) is 7.33. The van der Waals surface area contributed by atoms with E-state index < -0.39 is 15.8 Å². The molecule has 0 saturated carbocycles. The van der Waals surface area contributed by atoms with E-state index in [2.05, 4.69) is 0 Å². The van der Waals surface area contributed by atoms with E-state index in [1.54, 1.807) is 13.0 Å². The highest BCUT2D eigenvalue weighted by Gasteiger charge is 2.15. The zero-order valence-corrected chi connectivity index (χ0v) is 15.5. The second-order valence-corrected chi connectivity index (χ2v) is 7.72. The van der Waals surface area contributed by atoms with E-state index in [4.69, 9.17) is 25.8 Å². The van der Waals surface area contributed by atoms with Crippen molar-refractivity contribution >= 4 is 27.4 Å². The van der Waals surface area contributed by atoms with Crippen LogP contribution in [0, 0.1) is 0 Å². The minimum absolute atomic E-state index is 0.0227. The molecule has 2 aromatic carbocycles. The van der Waals surface area contributed by atoms with Gasteiger partial charge in [-0.1, -0.05) is 18.5 Å². The molecule has 0 fully saturated rings. The van der Waals surface area contributed by atoms with Crippen LogP contribution in [0.4, 0.5) is 0 Å². The van der Waals surface area contributed by atoms with Crippen molar-refractivity contribution in [2.75, 3.05) is 12.9 Å². The number of esters is 1. The van der Waals surface area contributed by atoms with Crippen LogP contribution in [0.25, 0.3) is 0 Å². The third-order valence-corrected chi connectivity index (χ3v) is 5.25. The molecule has 0 aromatic heterocycles. The molecule has 0 amide bonds. The van der Waals surface area contributed by atoms with Crippen molar-refractivity contribution in [3.63, 3.8) is 0 Å². The number of benzene rings is 2. The predicted octanol–water partition coefficient (Wildman–Crippen LogP) is 3.86. The third-order valence-electron chi connectivity index (χ3n) is 3.22. The van der Waals surface area contributed by atoms with Crippen LogP contribution >= 0.6 is 11.6 Å². The summed E-state index contributed by atoms with van der Waals surface area (Å²) in [5.74, 6) is 0.762. The molecule has 0 aliphatic carbocycles. The van der Waals surface area contributed by atoms with Crippen LogP contribution in [0.1, 0.15) is 13.8 Å². The monoisotopic (exact) mass is 384 g/mol. The van der Waals surface area contributed by atoms with Gasteiger partial charge in [-0.2, -0.15) is 0 Å². The van der Waals surface area contributed by atoms with Crippen molar-refractivity contribution in [1.29, 1.82) is 0 Å². The molecule has 0 aliphatic rings. The lowest BCUT2D eigenvalue weighted by Gasteiger charge is -2.12. The summed E-state index contributed by atoms with van der Waals surface area (Å²) in [5.41, 5.74) is 0. The number of hydrogen-bond donors (Lipinski definition) is 0. The lowest BCUT2D eigenvalue weighted by molar-refractivity contribution is -0.131. The minimum atomic E-state index is -3.36. The maximum absolute atomic E-state index is 11.9. The number of carbonyl (C=O) groups is 1. The summed E-state index contributed by atoms with van der Waals surface area (Å²) in [6.07, 6.45) is 0. The second kappa shape index (κ2) is 7.76. The van der Waals surface area contributed by atoms with Gasteiger partial charge in [-0.15, -0.1) is 0 Å². The number of sulfone groups is 1. The highest BCUT2D eigenvalue weighted by Crippen LogP contribution is 2.35. The van der Waals surface area contributed by atoms with E-state index in [0.717, 1.165) is 0 Å². The first-order chi connectivity index (χ1) is 11.7. The average Bonchev–Trinajstić information content (AvgIpc) is 2.55. The molecular weight excluding hydrogens is 368 g/mol. The summed E-state index contributed by atoms with van der Waals surface area (Å²) in [4.78, 5) is 11.2. The van der Waals surface area contributed by atoms with Crippen LogP contribution in [0.15, 0.2) is 41.3 Å². The quantitative estimate of drug-likeness (QED) is 0.555. The van der Waals surface area contributed by atoms with Gasteiger partial charge in [-0.3, -0.25) is 4.79 Å². The summed E-state index contributed by atoms with van der Waals surface area (Å²) >= 11 is 6.13. The van der Waals surface area contributed by atoms with Crippen molar-refractivity contribution in [3.05, 3.63) is 41.4 Å². The van der Waals surface area contributed by atoms with E-state index >= 15 is 0 Å². The average molecular weight is 385 g/mol. The first-order valence-corrected chi connectivity index (χ1v) is 9.36. The minimum Gasteiger partial charge on any atom is -0.496 e. The van der Waals surface area contributed by atoms with Crippen LogP contribution in [0.2, 0.25) is 5.02 Å². The molecule has 0 unspecified atom stereocenters. The molecule has 0 spiro atoms. The molecule has 134 valence electrons. The first kappa shape index (κ1) is 19.1. The third kappa shape index (κ3) is 4.87. The molecule has 0 saturated heterocycles. The molecule has 0 radical (unpaired) electrons. The van der Waals surface area contributed by atoms with Gasteiger partial charge in [0, 0.05) is 25.1 Å². The number of hydrogen-bond acceptors (Lipinski definition) is 6. The predicted molar refractivity (Wildman–Crippen MR) is 93.6 cm³/mol. The lowest BCUT2D eigenvalue weighted by atomic mass is 10.3. The Morgan fingerprint density at radius 3 is 2.28 bits per heavy atom. The number of halogens is 1. The Balaban J connectivity index is 2.34. The topological polar surface area (TPSA) is 78.9 Å². The van der Waals surface area contributed by atoms with Crippen LogP contribution in [-0.2, 0) is 14.6 Å². The molecule has 6 nitrogen and oxygen atoms in total. The highest BCUT2D eigenvalue weighted by molar-refractivity contribution is 7.91. The van der Waals surface area contributed by atoms with E-state index in [9.17, 15) is 13.2 Å². The van der Waals surface area contributed by atoms with Crippen LogP contribution in [-0.4, -0.2) is 27.2 Å². The molecule has 0 atom stereocenters. The maximum Gasteiger partial charge on any atom is 0.308 e. The fourth-order valence-corrected chi connectivity index (χ4v) is 3.19.